The zero-order chi connectivity index (χ0) is 21.0. The quantitative estimate of drug-likeness (QED) is 0.427. The lowest BCUT2D eigenvalue weighted by Gasteiger charge is -2.16. The maximum Gasteiger partial charge on any atom is 0.348 e. The molecule has 1 unspecified atom stereocenters. The molecule has 11 heteroatoms. The minimum absolute atomic E-state index is 0.121. The smallest absolute Gasteiger partial charge is 0.348 e. The Labute approximate surface area is 174 Å². The number of nitrogens with one attached hydrogen (secondary N) is 1. The van der Waals surface area contributed by atoms with Gasteiger partial charge >= 0.3 is 5.97 Å². The molecular formula is C18H20N4O5S2. The third kappa shape index (κ3) is 4.36. The van der Waals surface area contributed by atoms with Crippen molar-refractivity contribution in [1.29, 1.82) is 0 Å². The zero-order valence-corrected chi connectivity index (χ0v) is 17.8. The van der Waals surface area contributed by atoms with Crippen LogP contribution < -0.4 is 10.9 Å². The van der Waals surface area contributed by atoms with Crippen molar-refractivity contribution in [3.8, 4) is 0 Å². The van der Waals surface area contributed by atoms with Gasteiger partial charge in [-0.2, -0.15) is 0 Å². The maximum absolute atomic E-state index is 13.1. The van der Waals surface area contributed by atoms with E-state index < -0.39 is 12.0 Å². The van der Waals surface area contributed by atoms with Crippen molar-refractivity contribution >= 4 is 49.9 Å². The summed E-state index contributed by atoms with van der Waals surface area (Å²) in [6, 6.07) is -0.750. The Bertz CT molecular complexity index is 1070. The summed E-state index contributed by atoms with van der Waals surface area (Å²) in [6.07, 6.45) is 3.32. The summed E-state index contributed by atoms with van der Waals surface area (Å²) in [7, 11) is 1.51. The highest BCUT2D eigenvalue weighted by molar-refractivity contribution is 7.20. The number of thiazole rings is 1. The van der Waals surface area contributed by atoms with Crippen LogP contribution in [0.3, 0.4) is 0 Å². The van der Waals surface area contributed by atoms with Crippen LogP contribution in [0.5, 0.6) is 0 Å². The molecule has 29 heavy (non-hydrogen) atoms. The number of hydrogen-bond acceptors (Lipinski definition) is 9. The molecule has 3 aromatic rings. The second-order valence-electron chi connectivity index (χ2n) is 6.07. The van der Waals surface area contributed by atoms with E-state index in [0.29, 0.717) is 32.2 Å². The van der Waals surface area contributed by atoms with E-state index in [1.54, 1.807) is 18.5 Å². The number of rotatable bonds is 8. The van der Waals surface area contributed by atoms with Crippen molar-refractivity contribution in [3.63, 3.8) is 0 Å². The van der Waals surface area contributed by atoms with Gasteiger partial charge in [-0.1, -0.05) is 6.92 Å². The Morgan fingerprint density at radius 2 is 2.10 bits per heavy atom. The van der Waals surface area contributed by atoms with Gasteiger partial charge in [0.1, 0.15) is 22.4 Å². The Kier molecular flexibility index (Phi) is 6.72. The Balaban J connectivity index is 1.94. The van der Waals surface area contributed by atoms with Crippen LogP contribution in [0.1, 0.15) is 34.6 Å². The predicted octanol–water partition coefficient (Wildman–Crippen LogP) is 2.62. The topological polar surface area (TPSA) is 112 Å². The van der Waals surface area contributed by atoms with E-state index >= 15 is 0 Å². The number of aromatic nitrogens is 3. The van der Waals surface area contributed by atoms with Gasteiger partial charge in [0.05, 0.1) is 18.3 Å². The fourth-order valence-electron chi connectivity index (χ4n) is 2.82. The summed E-state index contributed by atoms with van der Waals surface area (Å²) in [4.78, 5) is 47.2. The van der Waals surface area contributed by atoms with Gasteiger partial charge in [-0.05, 0) is 18.9 Å². The number of amides is 1. The van der Waals surface area contributed by atoms with Gasteiger partial charge in [-0.25, -0.2) is 14.8 Å². The van der Waals surface area contributed by atoms with Crippen LogP contribution in [0.4, 0.5) is 5.13 Å². The molecule has 1 amide bonds. The molecule has 3 rings (SSSR count). The van der Waals surface area contributed by atoms with Crippen molar-refractivity contribution < 1.29 is 19.1 Å². The largest absolute Gasteiger partial charge is 0.459 e. The number of carbonyl (C=O) groups is 2. The summed E-state index contributed by atoms with van der Waals surface area (Å²) in [5.74, 6) is -0.875. The van der Waals surface area contributed by atoms with Crippen LogP contribution >= 0.6 is 22.7 Å². The summed E-state index contributed by atoms with van der Waals surface area (Å²) < 4.78 is 11.3. The average Bonchev–Trinajstić information content (AvgIpc) is 3.32. The number of carbonyl (C=O) groups excluding carboxylic acids is 2. The number of methoxy groups -OCH3 is 1. The molecule has 0 spiro atoms. The van der Waals surface area contributed by atoms with Crippen LogP contribution in [-0.4, -0.2) is 46.7 Å². The van der Waals surface area contributed by atoms with Crippen LogP contribution in [-0.2, 0) is 14.3 Å². The zero-order valence-electron chi connectivity index (χ0n) is 16.1. The van der Waals surface area contributed by atoms with E-state index in [9.17, 15) is 14.4 Å². The van der Waals surface area contributed by atoms with E-state index in [-0.39, 0.29) is 24.7 Å². The van der Waals surface area contributed by atoms with Gasteiger partial charge < -0.3 is 14.8 Å². The molecule has 0 saturated carbocycles. The SMILES string of the molecule is CCC(C(=O)Nc1nccs1)n1cnc2sc(C(=O)OCCOC)c(C)c2c1=O. The van der Waals surface area contributed by atoms with E-state index in [4.69, 9.17) is 9.47 Å². The molecule has 0 radical (unpaired) electrons. The first-order valence-corrected chi connectivity index (χ1v) is 10.5. The molecule has 9 nitrogen and oxygen atoms in total. The number of ether oxygens (including phenoxy) is 2. The third-order valence-electron chi connectivity index (χ3n) is 4.27. The highest BCUT2D eigenvalue weighted by Crippen LogP contribution is 2.28. The molecule has 0 aromatic carbocycles. The lowest BCUT2D eigenvalue weighted by Crippen LogP contribution is -2.33. The summed E-state index contributed by atoms with van der Waals surface area (Å²) in [6.45, 7) is 3.89. The summed E-state index contributed by atoms with van der Waals surface area (Å²) in [5, 5.41) is 5.24. The molecule has 0 aliphatic heterocycles. The van der Waals surface area contributed by atoms with E-state index in [2.05, 4.69) is 15.3 Å². The van der Waals surface area contributed by atoms with E-state index in [0.717, 1.165) is 11.3 Å². The number of anilines is 1. The first kappa shape index (κ1) is 21.1. The minimum Gasteiger partial charge on any atom is -0.459 e. The standard InChI is InChI=1S/C18H20N4O5S2/c1-4-11(14(23)21-18-19-5-8-28-18)22-9-20-15-12(16(22)24)10(2)13(29-15)17(25)27-7-6-26-3/h5,8-9,11H,4,6-7H2,1-3H3,(H,19,21,23). The normalized spacial score (nSPS) is 12.1. The van der Waals surface area contributed by atoms with Crippen molar-refractivity contribution in [2.24, 2.45) is 0 Å². The number of hydrogen-bond donors (Lipinski definition) is 1. The minimum atomic E-state index is -0.750. The molecule has 0 aliphatic carbocycles. The Morgan fingerprint density at radius 3 is 2.76 bits per heavy atom. The molecule has 0 aliphatic rings. The third-order valence-corrected chi connectivity index (χ3v) is 6.14. The molecule has 1 N–H and O–H groups in total. The monoisotopic (exact) mass is 436 g/mol. The summed E-state index contributed by atoms with van der Waals surface area (Å²) >= 11 is 2.39. The lowest BCUT2D eigenvalue weighted by atomic mass is 10.2. The molecule has 0 bridgehead atoms. The maximum atomic E-state index is 13.1. The first-order valence-electron chi connectivity index (χ1n) is 8.84. The van der Waals surface area contributed by atoms with E-state index in [1.165, 1.54) is 29.3 Å². The predicted molar refractivity (Wildman–Crippen MR) is 111 cm³/mol. The van der Waals surface area contributed by atoms with Gasteiger partial charge in [0, 0.05) is 18.7 Å². The van der Waals surface area contributed by atoms with Crippen molar-refractivity contribution in [2.75, 3.05) is 25.6 Å². The fourth-order valence-corrected chi connectivity index (χ4v) is 4.38. The van der Waals surface area contributed by atoms with Gasteiger partial charge in [0.2, 0.25) is 5.91 Å². The van der Waals surface area contributed by atoms with Gasteiger partial charge in [0.15, 0.2) is 5.13 Å². The highest BCUT2D eigenvalue weighted by Gasteiger charge is 2.25. The first-order chi connectivity index (χ1) is 14.0. The van der Waals surface area contributed by atoms with Crippen LogP contribution in [0, 0.1) is 6.92 Å². The fraction of sp³-hybridized carbons (Fsp3) is 0.389. The lowest BCUT2D eigenvalue weighted by molar-refractivity contribution is -0.119. The van der Waals surface area contributed by atoms with E-state index in [1.807, 2.05) is 6.92 Å². The average molecular weight is 437 g/mol. The second kappa shape index (κ2) is 9.25. The number of aryl methyl sites for hydroxylation is 1. The van der Waals surface area contributed by atoms with Crippen molar-refractivity contribution in [2.45, 2.75) is 26.3 Å². The molecule has 3 heterocycles. The van der Waals surface area contributed by atoms with Crippen LogP contribution in [0.2, 0.25) is 0 Å². The molecule has 0 saturated heterocycles. The molecule has 3 aromatic heterocycles. The number of esters is 1. The van der Waals surface area contributed by atoms with Gasteiger partial charge in [0.25, 0.3) is 5.56 Å². The van der Waals surface area contributed by atoms with Crippen LogP contribution in [0.25, 0.3) is 10.2 Å². The molecule has 1 atom stereocenters. The summed E-state index contributed by atoms with van der Waals surface area (Å²) in [5.41, 5.74) is 0.121. The number of nitrogens with zero attached hydrogens (tertiary/aromatic N) is 3. The Hall–Kier alpha value is -2.63. The van der Waals surface area contributed by atoms with Gasteiger partial charge in [-0.3, -0.25) is 14.2 Å². The van der Waals surface area contributed by atoms with Gasteiger partial charge in [-0.15, -0.1) is 22.7 Å². The number of fused-ring (bicyclic) bond motifs is 1. The van der Waals surface area contributed by atoms with Crippen molar-refractivity contribution in [3.05, 3.63) is 38.7 Å². The Morgan fingerprint density at radius 1 is 1.31 bits per heavy atom. The van der Waals surface area contributed by atoms with Crippen LogP contribution in [0.15, 0.2) is 22.7 Å². The molecule has 0 fully saturated rings. The number of thiophene rings is 1. The van der Waals surface area contributed by atoms with Crippen molar-refractivity contribution in [1.82, 2.24) is 14.5 Å². The highest BCUT2D eigenvalue weighted by atomic mass is 32.1. The molecule has 154 valence electrons. The molecular weight excluding hydrogens is 416 g/mol. The second-order valence-corrected chi connectivity index (χ2v) is 7.97.